The second kappa shape index (κ2) is 7.31. The van der Waals surface area contributed by atoms with E-state index in [1.807, 2.05) is 31.3 Å². The highest BCUT2D eigenvalue weighted by atomic mass is 79.9. The molecule has 0 aromatic heterocycles. The van der Waals surface area contributed by atoms with Crippen molar-refractivity contribution in [2.75, 3.05) is 13.6 Å². The van der Waals surface area contributed by atoms with Gasteiger partial charge in [0.1, 0.15) is 12.4 Å². The molecule has 0 atom stereocenters. The van der Waals surface area contributed by atoms with Crippen LogP contribution in [0, 0.1) is 0 Å². The molecule has 0 spiro atoms. The fourth-order valence-electron chi connectivity index (χ4n) is 1.82. The highest BCUT2D eigenvalue weighted by Gasteiger charge is 2.03. The molecule has 0 saturated heterocycles. The van der Waals surface area contributed by atoms with E-state index in [4.69, 9.17) is 4.74 Å². The van der Waals surface area contributed by atoms with Crippen molar-refractivity contribution < 1.29 is 4.74 Å². The highest BCUT2D eigenvalue weighted by molar-refractivity contribution is 9.10. The van der Waals surface area contributed by atoms with E-state index in [0.29, 0.717) is 6.61 Å². The predicted molar refractivity (Wildman–Crippen MR) is 82.5 cm³/mol. The third kappa shape index (κ3) is 4.37. The van der Waals surface area contributed by atoms with Crippen molar-refractivity contribution in [2.45, 2.75) is 13.0 Å². The maximum atomic E-state index is 5.82. The molecule has 0 amide bonds. The fourth-order valence-corrected chi connectivity index (χ4v) is 2.36. The monoisotopic (exact) mass is 319 g/mol. The Morgan fingerprint density at radius 3 is 2.53 bits per heavy atom. The van der Waals surface area contributed by atoms with Crippen LogP contribution in [0.5, 0.6) is 5.75 Å². The van der Waals surface area contributed by atoms with Crippen LogP contribution in [0.15, 0.2) is 53.0 Å². The van der Waals surface area contributed by atoms with E-state index < -0.39 is 0 Å². The second-order valence-electron chi connectivity index (χ2n) is 4.39. The van der Waals surface area contributed by atoms with Crippen LogP contribution >= 0.6 is 15.9 Å². The number of ether oxygens (including phenoxy) is 1. The van der Waals surface area contributed by atoms with E-state index in [0.717, 1.165) is 23.2 Å². The Hall–Kier alpha value is -1.32. The van der Waals surface area contributed by atoms with Gasteiger partial charge in [0.25, 0.3) is 0 Å². The number of rotatable bonds is 6. The van der Waals surface area contributed by atoms with Crippen LogP contribution in [0.3, 0.4) is 0 Å². The molecule has 0 heterocycles. The molecule has 1 N–H and O–H groups in total. The van der Waals surface area contributed by atoms with Crippen LogP contribution in [0.1, 0.15) is 11.1 Å². The van der Waals surface area contributed by atoms with Crippen LogP contribution in [0.2, 0.25) is 0 Å². The molecule has 0 saturated carbocycles. The molecule has 2 rings (SSSR count). The smallest absolute Gasteiger partial charge is 0.134 e. The van der Waals surface area contributed by atoms with Crippen molar-refractivity contribution in [1.29, 1.82) is 0 Å². The lowest BCUT2D eigenvalue weighted by molar-refractivity contribution is 0.304. The van der Waals surface area contributed by atoms with Gasteiger partial charge in [-0.1, -0.05) is 36.4 Å². The number of likely N-dealkylation sites (N-methyl/N-ethyl adjacent to an activating group) is 1. The molecule has 0 unspecified atom stereocenters. The number of benzene rings is 2. The van der Waals surface area contributed by atoms with Gasteiger partial charge in [0.2, 0.25) is 0 Å². The molecule has 0 bridgehead atoms. The minimum Gasteiger partial charge on any atom is -0.488 e. The van der Waals surface area contributed by atoms with Crippen molar-refractivity contribution in [1.82, 2.24) is 5.32 Å². The van der Waals surface area contributed by atoms with Crippen molar-refractivity contribution >= 4 is 15.9 Å². The maximum absolute atomic E-state index is 5.82. The van der Waals surface area contributed by atoms with Crippen molar-refractivity contribution in [3.05, 3.63) is 64.1 Å². The van der Waals surface area contributed by atoms with Gasteiger partial charge in [-0.25, -0.2) is 0 Å². The Balaban J connectivity index is 1.97. The molecule has 3 heteroatoms. The molecular formula is C16H18BrNO. The van der Waals surface area contributed by atoms with Gasteiger partial charge in [0.15, 0.2) is 0 Å². The number of hydrogen-bond acceptors (Lipinski definition) is 2. The van der Waals surface area contributed by atoms with Crippen LogP contribution in [0.4, 0.5) is 0 Å². The second-order valence-corrected chi connectivity index (χ2v) is 5.25. The summed E-state index contributed by atoms with van der Waals surface area (Å²) in [6.07, 6.45) is 1.02. The van der Waals surface area contributed by atoms with Crippen LogP contribution in [0.25, 0.3) is 0 Å². The summed E-state index contributed by atoms with van der Waals surface area (Å²) in [6.45, 7) is 1.58. The lowest BCUT2D eigenvalue weighted by Gasteiger charge is -2.10. The number of nitrogens with one attached hydrogen (secondary N) is 1. The fraction of sp³-hybridized carbons (Fsp3) is 0.250. The minimum absolute atomic E-state index is 0.593. The zero-order valence-corrected chi connectivity index (χ0v) is 12.6. The third-order valence-electron chi connectivity index (χ3n) is 2.90. The first-order valence-corrected chi connectivity index (χ1v) is 7.18. The average molecular weight is 320 g/mol. The highest BCUT2D eigenvalue weighted by Crippen LogP contribution is 2.27. The summed E-state index contributed by atoms with van der Waals surface area (Å²) < 4.78 is 6.83. The molecule has 0 aliphatic carbocycles. The van der Waals surface area contributed by atoms with E-state index in [-0.39, 0.29) is 0 Å². The third-order valence-corrected chi connectivity index (χ3v) is 3.52. The molecule has 0 fully saturated rings. The number of halogens is 1. The summed E-state index contributed by atoms with van der Waals surface area (Å²) in [5.41, 5.74) is 2.47. The van der Waals surface area contributed by atoms with E-state index in [2.05, 4.69) is 45.5 Å². The van der Waals surface area contributed by atoms with Gasteiger partial charge in [-0.05, 0) is 59.2 Å². The van der Waals surface area contributed by atoms with E-state index >= 15 is 0 Å². The first-order chi connectivity index (χ1) is 9.29. The lowest BCUT2D eigenvalue weighted by atomic mass is 10.1. The van der Waals surface area contributed by atoms with Gasteiger partial charge in [-0.3, -0.25) is 0 Å². The summed E-state index contributed by atoms with van der Waals surface area (Å²) in [5.74, 6) is 0.886. The number of hydrogen-bond donors (Lipinski definition) is 1. The van der Waals surface area contributed by atoms with Gasteiger partial charge >= 0.3 is 0 Å². The van der Waals surface area contributed by atoms with Gasteiger partial charge in [0, 0.05) is 0 Å². The first-order valence-electron chi connectivity index (χ1n) is 6.39. The molecule has 0 aliphatic heterocycles. The average Bonchev–Trinajstić information content (AvgIpc) is 2.45. The molecule has 2 aromatic carbocycles. The van der Waals surface area contributed by atoms with Gasteiger partial charge in [-0.15, -0.1) is 0 Å². The first kappa shape index (κ1) is 14.1. The molecule has 100 valence electrons. The maximum Gasteiger partial charge on any atom is 0.134 e. The molecule has 2 nitrogen and oxygen atoms in total. The van der Waals surface area contributed by atoms with Crippen LogP contribution < -0.4 is 10.1 Å². The summed E-state index contributed by atoms with van der Waals surface area (Å²) in [6, 6.07) is 16.4. The molecule has 0 aliphatic rings. The molecular weight excluding hydrogens is 302 g/mol. The summed E-state index contributed by atoms with van der Waals surface area (Å²) in [5, 5.41) is 3.15. The van der Waals surface area contributed by atoms with E-state index in [1.54, 1.807) is 0 Å². The zero-order chi connectivity index (χ0) is 13.5. The van der Waals surface area contributed by atoms with Gasteiger partial charge < -0.3 is 10.1 Å². The Bertz CT molecular complexity index is 513. The Morgan fingerprint density at radius 1 is 1.05 bits per heavy atom. The van der Waals surface area contributed by atoms with Crippen LogP contribution in [-0.2, 0) is 13.0 Å². The SMILES string of the molecule is CNCCc1ccc(OCc2ccccc2)c(Br)c1. The summed E-state index contributed by atoms with van der Waals surface area (Å²) in [7, 11) is 1.96. The van der Waals surface area contributed by atoms with E-state index in [1.165, 1.54) is 11.1 Å². The predicted octanol–water partition coefficient (Wildman–Crippen LogP) is 3.79. The van der Waals surface area contributed by atoms with Crippen LogP contribution in [-0.4, -0.2) is 13.6 Å². The van der Waals surface area contributed by atoms with E-state index in [9.17, 15) is 0 Å². The summed E-state index contributed by atoms with van der Waals surface area (Å²) in [4.78, 5) is 0. The molecule has 0 radical (unpaired) electrons. The lowest BCUT2D eigenvalue weighted by Crippen LogP contribution is -2.10. The minimum atomic E-state index is 0.593. The Morgan fingerprint density at radius 2 is 1.84 bits per heavy atom. The normalized spacial score (nSPS) is 10.4. The van der Waals surface area contributed by atoms with Crippen molar-refractivity contribution in [2.24, 2.45) is 0 Å². The standard InChI is InChI=1S/C16H18BrNO/c1-18-10-9-13-7-8-16(15(17)11-13)19-12-14-5-3-2-4-6-14/h2-8,11,18H,9-10,12H2,1H3. The largest absolute Gasteiger partial charge is 0.488 e. The molecule has 2 aromatic rings. The van der Waals surface area contributed by atoms with Gasteiger partial charge in [-0.2, -0.15) is 0 Å². The van der Waals surface area contributed by atoms with Crippen molar-refractivity contribution in [3.63, 3.8) is 0 Å². The topological polar surface area (TPSA) is 21.3 Å². The molecule has 19 heavy (non-hydrogen) atoms. The quantitative estimate of drug-likeness (QED) is 0.874. The Labute approximate surface area is 122 Å². The van der Waals surface area contributed by atoms with Crippen molar-refractivity contribution in [3.8, 4) is 5.75 Å². The Kier molecular flexibility index (Phi) is 5.43. The summed E-state index contributed by atoms with van der Waals surface area (Å²) >= 11 is 3.57. The zero-order valence-electron chi connectivity index (χ0n) is 11.0. The van der Waals surface area contributed by atoms with Gasteiger partial charge in [0.05, 0.1) is 4.47 Å².